The van der Waals surface area contributed by atoms with Crippen molar-refractivity contribution in [3.05, 3.63) is 126 Å². The molecule has 0 atom stereocenters. The molecule has 0 aliphatic heterocycles. The Morgan fingerprint density at radius 1 is 0.731 bits per heavy atom. The summed E-state index contributed by atoms with van der Waals surface area (Å²) in [4.78, 5) is 18.1. The second-order valence-corrected chi connectivity index (χ2v) is 6.11. The van der Waals surface area contributed by atoms with E-state index in [0.717, 1.165) is 11.1 Å². The average Bonchev–Trinajstić information content (AvgIpc) is 3.26. The Morgan fingerprint density at radius 2 is 1.23 bits per heavy atom. The molecule has 0 amide bonds. The topological polar surface area (TPSA) is 34.9 Å². The van der Waals surface area contributed by atoms with Gasteiger partial charge in [0.25, 0.3) is 0 Å². The van der Waals surface area contributed by atoms with E-state index in [4.69, 9.17) is 0 Å². The third-order valence-corrected chi connectivity index (χ3v) is 4.64. The van der Waals surface area contributed by atoms with Crippen molar-refractivity contribution in [2.75, 3.05) is 0 Å². The van der Waals surface area contributed by atoms with Crippen LogP contribution >= 0.6 is 0 Å². The SMILES string of the molecule is O=C(c1ccccc1)C(c1ccccc1)(c1ccccc1)n1ccnc1. The zero-order valence-electron chi connectivity index (χ0n) is 14.2. The summed E-state index contributed by atoms with van der Waals surface area (Å²) in [5.74, 6) is 0.00787. The average molecular weight is 338 g/mol. The first-order chi connectivity index (χ1) is 12.8. The van der Waals surface area contributed by atoms with Gasteiger partial charge in [-0.1, -0.05) is 91.0 Å². The van der Waals surface area contributed by atoms with Crippen LogP contribution in [0.25, 0.3) is 0 Å². The molecule has 1 aromatic heterocycles. The first kappa shape index (κ1) is 16.0. The molecule has 1 heterocycles. The molecule has 0 unspecified atom stereocenters. The Bertz CT molecular complexity index is 939. The van der Waals surface area contributed by atoms with E-state index in [2.05, 4.69) is 4.98 Å². The number of imidazole rings is 1. The van der Waals surface area contributed by atoms with E-state index in [1.165, 1.54) is 0 Å². The highest BCUT2D eigenvalue weighted by Crippen LogP contribution is 2.37. The Kier molecular flexibility index (Phi) is 4.20. The minimum Gasteiger partial charge on any atom is -0.316 e. The van der Waals surface area contributed by atoms with Gasteiger partial charge in [-0.3, -0.25) is 4.79 Å². The highest BCUT2D eigenvalue weighted by atomic mass is 16.1. The Labute approximate surface area is 152 Å². The summed E-state index contributed by atoms with van der Waals surface area (Å²) >= 11 is 0. The molecule has 3 heteroatoms. The van der Waals surface area contributed by atoms with E-state index >= 15 is 0 Å². The van der Waals surface area contributed by atoms with Gasteiger partial charge in [0.1, 0.15) is 0 Å². The van der Waals surface area contributed by atoms with Crippen molar-refractivity contribution in [3.8, 4) is 0 Å². The normalized spacial score (nSPS) is 11.2. The molecule has 0 aliphatic rings. The van der Waals surface area contributed by atoms with E-state index in [0.29, 0.717) is 5.56 Å². The number of carbonyl (C=O) groups excluding carboxylic acids is 1. The third kappa shape index (κ3) is 2.54. The summed E-state index contributed by atoms with van der Waals surface area (Å²) in [5.41, 5.74) is 1.45. The van der Waals surface area contributed by atoms with Crippen molar-refractivity contribution in [1.82, 2.24) is 9.55 Å². The molecule has 0 saturated carbocycles. The predicted molar refractivity (Wildman–Crippen MR) is 102 cm³/mol. The minimum atomic E-state index is -1.01. The molecular formula is C23H18N2O. The summed E-state index contributed by atoms with van der Waals surface area (Å²) in [5, 5.41) is 0. The van der Waals surface area contributed by atoms with E-state index in [1.807, 2.05) is 102 Å². The van der Waals surface area contributed by atoms with Crippen LogP contribution in [0.15, 0.2) is 110 Å². The molecule has 0 aliphatic carbocycles. The summed E-state index contributed by atoms with van der Waals surface area (Å²) < 4.78 is 1.90. The van der Waals surface area contributed by atoms with Crippen molar-refractivity contribution in [1.29, 1.82) is 0 Å². The Hall–Kier alpha value is -3.46. The lowest BCUT2D eigenvalue weighted by Crippen LogP contribution is -2.43. The van der Waals surface area contributed by atoms with Crippen LogP contribution in [0.4, 0.5) is 0 Å². The van der Waals surface area contributed by atoms with Crippen molar-refractivity contribution in [2.45, 2.75) is 5.54 Å². The number of hydrogen-bond donors (Lipinski definition) is 0. The zero-order valence-corrected chi connectivity index (χ0v) is 14.2. The molecule has 3 aromatic carbocycles. The van der Waals surface area contributed by atoms with Crippen LogP contribution < -0.4 is 0 Å². The fourth-order valence-electron chi connectivity index (χ4n) is 3.46. The van der Waals surface area contributed by atoms with Gasteiger partial charge in [0.15, 0.2) is 11.3 Å². The second-order valence-electron chi connectivity index (χ2n) is 6.11. The number of Topliss-reactive ketones (excluding diaryl/α,β-unsaturated/α-hetero) is 1. The van der Waals surface area contributed by atoms with Gasteiger partial charge in [0.2, 0.25) is 0 Å². The van der Waals surface area contributed by atoms with Crippen LogP contribution in [0.5, 0.6) is 0 Å². The predicted octanol–water partition coefficient (Wildman–Crippen LogP) is 4.56. The fourth-order valence-corrected chi connectivity index (χ4v) is 3.46. The lowest BCUT2D eigenvalue weighted by molar-refractivity contribution is 0.0889. The largest absolute Gasteiger partial charge is 0.316 e. The van der Waals surface area contributed by atoms with Crippen LogP contribution in [0.2, 0.25) is 0 Å². The third-order valence-electron chi connectivity index (χ3n) is 4.64. The molecule has 126 valence electrons. The number of ketones is 1. The molecule has 0 bridgehead atoms. The first-order valence-electron chi connectivity index (χ1n) is 8.53. The maximum absolute atomic E-state index is 13.9. The molecule has 26 heavy (non-hydrogen) atoms. The second kappa shape index (κ2) is 6.81. The van der Waals surface area contributed by atoms with Gasteiger partial charge in [-0.05, 0) is 11.1 Å². The number of carbonyl (C=O) groups is 1. The van der Waals surface area contributed by atoms with Crippen molar-refractivity contribution < 1.29 is 4.79 Å². The van der Waals surface area contributed by atoms with E-state index in [9.17, 15) is 4.79 Å². The Morgan fingerprint density at radius 3 is 1.69 bits per heavy atom. The molecule has 0 spiro atoms. The number of hydrogen-bond acceptors (Lipinski definition) is 2. The van der Waals surface area contributed by atoms with Crippen molar-refractivity contribution in [2.24, 2.45) is 0 Å². The van der Waals surface area contributed by atoms with E-state index in [-0.39, 0.29) is 5.78 Å². The smallest absolute Gasteiger partial charge is 0.197 e. The standard InChI is InChI=1S/C23H18N2O/c26-22(19-10-4-1-5-11-19)23(25-17-16-24-18-25,20-12-6-2-7-13-20)21-14-8-3-9-15-21/h1-18H. The molecule has 0 N–H and O–H groups in total. The summed E-state index contributed by atoms with van der Waals surface area (Å²) in [7, 11) is 0. The maximum atomic E-state index is 13.9. The van der Waals surface area contributed by atoms with Gasteiger partial charge in [0.05, 0.1) is 6.33 Å². The van der Waals surface area contributed by atoms with Gasteiger partial charge in [0, 0.05) is 18.0 Å². The zero-order chi connectivity index (χ0) is 17.8. The van der Waals surface area contributed by atoms with Crippen LogP contribution in [-0.4, -0.2) is 15.3 Å². The molecule has 0 fully saturated rings. The van der Waals surface area contributed by atoms with Gasteiger partial charge >= 0.3 is 0 Å². The molecule has 0 saturated heterocycles. The molecular weight excluding hydrogens is 320 g/mol. The summed E-state index contributed by atoms with van der Waals surface area (Å²) in [6, 6.07) is 29.2. The monoisotopic (exact) mass is 338 g/mol. The number of benzene rings is 3. The van der Waals surface area contributed by atoms with E-state index < -0.39 is 5.54 Å². The van der Waals surface area contributed by atoms with Crippen LogP contribution in [0.3, 0.4) is 0 Å². The summed E-state index contributed by atoms with van der Waals surface area (Å²) in [6.07, 6.45) is 5.26. The number of aromatic nitrogens is 2. The highest BCUT2D eigenvalue weighted by Gasteiger charge is 2.43. The number of rotatable bonds is 5. The van der Waals surface area contributed by atoms with Gasteiger partial charge in [-0.2, -0.15) is 0 Å². The van der Waals surface area contributed by atoms with Crippen LogP contribution in [0, 0.1) is 0 Å². The van der Waals surface area contributed by atoms with E-state index in [1.54, 1.807) is 12.5 Å². The lowest BCUT2D eigenvalue weighted by Gasteiger charge is -2.35. The quantitative estimate of drug-likeness (QED) is 0.500. The first-order valence-corrected chi connectivity index (χ1v) is 8.53. The minimum absolute atomic E-state index is 0.00787. The molecule has 0 radical (unpaired) electrons. The molecule has 4 aromatic rings. The summed E-state index contributed by atoms with van der Waals surface area (Å²) in [6.45, 7) is 0. The van der Waals surface area contributed by atoms with Crippen molar-refractivity contribution in [3.63, 3.8) is 0 Å². The van der Waals surface area contributed by atoms with Gasteiger partial charge in [-0.15, -0.1) is 0 Å². The highest BCUT2D eigenvalue weighted by molar-refractivity contribution is 6.06. The maximum Gasteiger partial charge on any atom is 0.197 e. The number of nitrogens with zero attached hydrogens (tertiary/aromatic N) is 2. The van der Waals surface area contributed by atoms with Gasteiger partial charge in [-0.25, -0.2) is 4.98 Å². The molecule has 4 rings (SSSR count). The van der Waals surface area contributed by atoms with Crippen LogP contribution in [0.1, 0.15) is 21.5 Å². The van der Waals surface area contributed by atoms with Gasteiger partial charge < -0.3 is 4.57 Å². The Balaban J connectivity index is 2.07. The fraction of sp³-hybridized carbons (Fsp3) is 0.0435. The molecule has 3 nitrogen and oxygen atoms in total. The van der Waals surface area contributed by atoms with Crippen LogP contribution in [-0.2, 0) is 5.54 Å². The van der Waals surface area contributed by atoms with Crippen molar-refractivity contribution >= 4 is 5.78 Å². The lowest BCUT2D eigenvalue weighted by atomic mass is 9.76.